The van der Waals surface area contributed by atoms with Crippen LogP contribution in [0, 0.1) is 11.8 Å². The highest BCUT2D eigenvalue weighted by atomic mass is 35.5. The number of halogens is 3. The van der Waals surface area contributed by atoms with Crippen molar-refractivity contribution in [1.82, 2.24) is 10.2 Å². The second-order valence-electron chi connectivity index (χ2n) is 6.37. The van der Waals surface area contributed by atoms with Crippen molar-refractivity contribution in [1.29, 1.82) is 0 Å². The van der Waals surface area contributed by atoms with Crippen LogP contribution in [0.1, 0.15) is 45.4 Å². The summed E-state index contributed by atoms with van der Waals surface area (Å²) in [5, 5.41) is 3.41. The molecule has 0 radical (unpaired) electrons. The smallest absolute Gasteiger partial charge is 0.248 e. The molecule has 1 aliphatic heterocycles. The van der Waals surface area contributed by atoms with Gasteiger partial charge in [-0.3, -0.25) is 0 Å². The van der Waals surface area contributed by atoms with Crippen molar-refractivity contribution in [3.8, 4) is 0 Å². The van der Waals surface area contributed by atoms with Crippen LogP contribution in [0.25, 0.3) is 0 Å². The number of nitrogens with one attached hydrogen (secondary N) is 1. The van der Waals surface area contributed by atoms with Crippen molar-refractivity contribution >= 4 is 12.4 Å². The largest absolute Gasteiger partial charge is 0.317 e. The molecule has 1 saturated carbocycles. The van der Waals surface area contributed by atoms with Gasteiger partial charge in [-0.1, -0.05) is 6.92 Å². The van der Waals surface area contributed by atoms with Gasteiger partial charge in [-0.2, -0.15) is 0 Å². The zero-order valence-corrected chi connectivity index (χ0v) is 13.4. The van der Waals surface area contributed by atoms with Gasteiger partial charge < -0.3 is 10.2 Å². The van der Waals surface area contributed by atoms with E-state index in [0.717, 1.165) is 45.1 Å². The Bertz CT molecular complexity index is 269. The standard InChI is InChI=1S/C15H28F2N2.ClH/c1-2-18-11-13-5-8-19(9-6-13)12-14-4-3-7-15(16,17)10-14;/h13-14,18H,2-12H2,1H3;1H. The number of hydrogen-bond acceptors (Lipinski definition) is 2. The van der Waals surface area contributed by atoms with Crippen molar-refractivity contribution in [2.75, 3.05) is 32.7 Å². The zero-order valence-electron chi connectivity index (χ0n) is 12.5. The molecular formula is C15H29ClF2N2. The van der Waals surface area contributed by atoms with Crippen LogP contribution in [-0.4, -0.2) is 43.5 Å². The molecule has 0 bridgehead atoms. The van der Waals surface area contributed by atoms with Crippen molar-refractivity contribution in [3.05, 3.63) is 0 Å². The Balaban J connectivity index is 0.00000200. The van der Waals surface area contributed by atoms with Gasteiger partial charge >= 0.3 is 0 Å². The maximum absolute atomic E-state index is 13.4. The number of alkyl halides is 2. The zero-order chi connectivity index (χ0) is 13.7. The van der Waals surface area contributed by atoms with Crippen molar-refractivity contribution < 1.29 is 8.78 Å². The fraction of sp³-hybridized carbons (Fsp3) is 1.00. The third-order valence-electron chi connectivity index (χ3n) is 4.65. The van der Waals surface area contributed by atoms with Crippen LogP contribution < -0.4 is 5.32 Å². The molecule has 1 unspecified atom stereocenters. The Labute approximate surface area is 128 Å². The Morgan fingerprint density at radius 2 is 1.85 bits per heavy atom. The molecule has 1 saturated heterocycles. The summed E-state index contributed by atoms with van der Waals surface area (Å²) in [6.07, 6.45) is 4.35. The van der Waals surface area contributed by atoms with Gasteiger partial charge in [-0.15, -0.1) is 12.4 Å². The normalized spacial score (nSPS) is 28.1. The minimum absolute atomic E-state index is 0. The van der Waals surface area contributed by atoms with Crippen LogP contribution in [0.2, 0.25) is 0 Å². The second kappa shape index (κ2) is 8.50. The van der Waals surface area contributed by atoms with E-state index in [0.29, 0.717) is 6.42 Å². The molecule has 120 valence electrons. The number of likely N-dealkylation sites (tertiary alicyclic amines) is 1. The van der Waals surface area contributed by atoms with E-state index in [1.54, 1.807) is 0 Å². The molecule has 1 N–H and O–H groups in total. The molecule has 2 fully saturated rings. The van der Waals surface area contributed by atoms with Crippen molar-refractivity contribution in [2.45, 2.75) is 51.4 Å². The Morgan fingerprint density at radius 3 is 2.45 bits per heavy atom. The van der Waals surface area contributed by atoms with E-state index >= 15 is 0 Å². The fourth-order valence-electron chi connectivity index (χ4n) is 3.52. The third kappa shape index (κ3) is 5.82. The van der Waals surface area contributed by atoms with E-state index in [2.05, 4.69) is 17.1 Å². The summed E-state index contributed by atoms with van der Waals surface area (Å²) in [7, 11) is 0. The first-order chi connectivity index (χ1) is 9.09. The SMILES string of the molecule is CCNCC1CCN(CC2CCCC(F)(F)C2)CC1.Cl. The van der Waals surface area contributed by atoms with Crippen LogP contribution in [0.4, 0.5) is 8.78 Å². The van der Waals surface area contributed by atoms with Crippen LogP contribution in [-0.2, 0) is 0 Å². The van der Waals surface area contributed by atoms with E-state index in [9.17, 15) is 8.78 Å². The predicted octanol–water partition coefficient (Wildman–Crippen LogP) is 3.56. The lowest BCUT2D eigenvalue weighted by atomic mass is 9.85. The first-order valence-corrected chi connectivity index (χ1v) is 7.90. The predicted molar refractivity (Wildman–Crippen MR) is 81.9 cm³/mol. The van der Waals surface area contributed by atoms with Crippen LogP contribution >= 0.6 is 12.4 Å². The molecular weight excluding hydrogens is 282 g/mol. The van der Waals surface area contributed by atoms with E-state index in [-0.39, 0.29) is 31.2 Å². The highest BCUT2D eigenvalue weighted by molar-refractivity contribution is 5.85. The van der Waals surface area contributed by atoms with Gasteiger partial charge in [-0.25, -0.2) is 8.78 Å². The molecule has 1 atom stereocenters. The number of nitrogens with zero attached hydrogens (tertiary/aromatic N) is 1. The molecule has 0 amide bonds. The van der Waals surface area contributed by atoms with Crippen LogP contribution in [0.15, 0.2) is 0 Å². The first-order valence-electron chi connectivity index (χ1n) is 7.90. The first kappa shape index (κ1) is 18.1. The molecule has 2 aliphatic rings. The number of hydrogen-bond donors (Lipinski definition) is 1. The Hall–Kier alpha value is 0.0700. The van der Waals surface area contributed by atoms with E-state index in [1.165, 1.54) is 12.8 Å². The number of piperidine rings is 1. The van der Waals surface area contributed by atoms with Crippen LogP contribution in [0.3, 0.4) is 0 Å². The molecule has 0 aromatic rings. The Morgan fingerprint density at radius 1 is 1.15 bits per heavy atom. The topological polar surface area (TPSA) is 15.3 Å². The summed E-state index contributed by atoms with van der Waals surface area (Å²) in [6, 6.07) is 0. The summed E-state index contributed by atoms with van der Waals surface area (Å²) in [6.45, 7) is 7.38. The summed E-state index contributed by atoms with van der Waals surface area (Å²) < 4.78 is 26.8. The molecule has 2 nitrogen and oxygen atoms in total. The lowest BCUT2D eigenvalue weighted by Gasteiger charge is -2.37. The van der Waals surface area contributed by atoms with Gasteiger partial charge in [0.25, 0.3) is 0 Å². The molecule has 5 heteroatoms. The second-order valence-corrected chi connectivity index (χ2v) is 6.37. The molecule has 0 aromatic carbocycles. The van der Waals surface area contributed by atoms with Crippen molar-refractivity contribution in [2.24, 2.45) is 11.8 Å². The van der Waals surface area contributed by atoms with Gasteiger partial charge in [0.2, 0.25) is 5.92 Å². The maximum Gasteiger partial charge on any atom is 0.248 e. The quantitative estimate of drug-likeness (QED) is 0.835. The summed E-state index contributed by atoms with van der Waals surface area (Å²) in [5.74, 6) is -1.40. The average Bonchev–Trinajstić information content (AvgIpc) is 2.37. The lowest BCUT2D eigenvalue weighted by Crippen LogP contribution is -2.41. The van der Waals surface area contributed by atoms with E-state index in [4.69, 9.17) is 0 Å². The van der Waals surface area contributed by atoms with E-state index in [1.807, 2.05) is 0 Å². The minimum atomic E-state index is -2.40. The van der Waals surface area contributed by atoms with Gasteiger partial charge in [0.1, 0.15) is 0 Å². The highest BCUT2D eigenvalue weighted by Crippen LogP contribution is 2.37. The summed E-state index contributed by atoms with van der Waals surface area (Å²) >= 11 is 0. The Kier molecular flexibility index (Phi) is 7.70. The fourth-order valence-corrected chi connectivity index (χ4v) is 3.52. The lowest BCUT2D eigenvalue weighted by molar-refractivity contribution is -0.0579. The van der Waals surface area contributed by atoms with Crippen molar-refractivity contribution in [3.63, 3.8) is 0 Å². The molecule has 1 heterocycles. The van der Waals surface area contributed by atoms with Gasteiger partial charge in [0, 0.05) is 19.4 Å². The van der Waals surface area contributed by atoms with Gasteiger partial charge in [0.15, 0.2) is 0 Å². The average molecular weight is 311 g/mol. The maximum atomic E-state index is 13.4. The summed E-state index contributed by atoms with van der Waals surface area (Å²) in [4.78, 5) is 2.41. The van der Waals surface area contributed by atoms with Gasteiger partial charge in [-0.05, 0) is 63.7 Å². The number of rotatable bonds is 5. The molecule has 0 spiro atoms. The molecule has 2 rings (SSSR count). The van der Waals surface area contributed by atoms with Crippen LogP contribution in [0.5, 0.6) is 0 Å². The van der Waals surface area contributed by atoms with E-state index < -0.39 is 5.92 Å². The molecule has 0 aromatic heterocycles. The third-order valence-corrected chi connectivity index (χ3v) is 4.65. The highest BCUT2D eigenvalue weighted by Gasteiger charge is 2.36. The minimum Gasteiger partial charge on any atom is -0.317 e. The summed E-state index contributed by atoms with van der Waals surface area (Å²) in [5.41, 5.74) is 0. The van der Waals surface area contributed by atoms with Gasteiger partial charge in [0.05, 0.1) is 0 Å². The molecule has 20 heavy (non-hydrogen) atoms. The monoisotopic (exact) mass is 310 g/mol. The molecule has 1 aliphatic carbocycles.